The zero-order valence-corrected chi connectivity index (χ0v) is 19.9. The van der Waals surface area contributed by atoms with E-state index >= 15 is 0 Å². The molecule has 32 heavy (non-hydrogen) atoms. The number of nitrogens with zero attached hydrogens (tertiary/aromatic N) is 1. The molecule has 5 rings (SSSR count). The number of Topliss-reactive ketones (excluding diaryl/α,β-unsaturated/α-hetero) is 1. The Morgan fingerprint density at radius 3 is 2.56 bits per heavy atom. The first kappa shape index (κ1) is 23.1. The van der Waals surface area contributed by atoms with Gasteiger partial charge in [0.15, 0.2) is 0 Å². The molecule has 1 N–H and O–H groups in total. The van der Waals surface area contributed by atoms with Crippen LogP contribution < -0.4 is 5.32 Å². The SMILES string of the molecule is Cc1cccc(C(CC(=O)CC2CCNCC2)c2cn(CC3CC3)c3ccccc23)c1.Cl. The van der Waals surface area contributed by atoms with Crippen LogP contribution in [0.1, 0.15) is 61.1 Å². The van der Waals surface area contributed by atoms with Gasteiger partial charge in [-0.3, -0.25) is 4.79 Å². The number of hydrogen-bond acceptors (Lipinski definition) is 2. The highest BCUT2D eigenvalue weighted by atomic mass is 35.5. The highest BCUT2D eigenvalue weighted by molar-refractivity contribution is 5.87. The van der Waals surface area contributed by atoms with Crippen LogP contribution in [0.15, 0.2) is 54.7 Å². The summed E-state index contributed by atoms with van der Waals surface area (Å²) in [6, 6.07) is 17.5. The van der Waals surface area contributed by atoms with Crippen molar-refractivity contribution >= 4 is 29.1 Å². The van der Waals surface area contributed by atoms with Gasteiger partial charge in [0, 0.05) is 42.4 Å². The van der Waals surface area contributed by atoms with Crippen LogP contribution in [-0.4, -0.2) is 23.4 Å². The summed E-state index contributed by atoms with van der Waals surface area (Å²) in [4.78, 5) is 13.3. The summed E-state index contributed by atoms with van der Waals surface area (Å²) in [6.07, 6.45) is 8.63. The van der Waals surface area contributed by atoms with Crippen LogP contribution >= 0.6 is 12.4 Å². The predicted molar refractivity (Wildman–Crippen MR) is 135 cm³/mol. The number of ketones is 1. The molecule has 0 radical (unpaired) electrons. The average Bonchev–Trinajstić information content (AvgIpc) is 3.53. The number of aryl methyl sites for hydroxylation is 1. The first-order valence-electron chi connectivity index (χ1n) is 12.0. The van der Waals surface area contributed by atoms with E-state index in [0.717, 1.165) is 44.8 Å². The summed E-state index contributed by atoms with van der Waals surface area (Å²) < 4.78 is 2.45. The Bertz CT molecular complexity index is 1060. The average molecular weight is 451 g/mol. The highest BCUT2D eigenvalue weighted by Crippen LogP contribution is 2.38. The van der Waals surface area contributed by atoms with Crippen molar-refractivity contribution in [3.8, 4) is 0 Å². The highest BCUT2D eigenvalue weighted by Gasteiger charge is 2.27. The fourth-order valence-corrected chi connectivity index (χ4v) is 5.30. The van der Waals surface area contributed by atoms with E-state index in [-0.39, 0.29) is 18.3 Å². The fraction of sp³-hybridized carbons (Fsp3) is 0.464. The number of hydrogen-bond donors (Lipinski definition) is 1. The van der Waals surface area contributed by atoms with E-state index in [1.54, 1.807) is 0 Å². The second kappa shape index (κ2) is 10.2. The summed E-state index contributed by atoms with van der Waals surface area (Å²) in [7, 11) is 0. The molecule has 1 aromatic heterocycles. The number of para-hydroxylation sites is 1. The van der Waals surface area contributed by atoms with Crippen molar-refractivity contribution in [3.63, 3.8) is 0 Å². The Morgan fingerprint density at radius 1 is 1.03 bits per heavy atom. The summed E-state index contributed by atoms with van der Waals surface area (Å²) in [5.41, 5.74) is 5.16. The molecular formula is C28H35ClN2O. The summed E-state index contributed by atoms with van der Waals surface area (Å²) in [6.45, 7) is 5.35. The van der Waals surface area contributed by atoms with Crippen LogP contribution in [0.25, 0.3) is 10.9 Å². The van der Waals surface area contributed by atoms with Crippen LogP contribution in [0.4, 0.5) is 0 Å². The third-order valence-corrected chi connectivity index (χ3v) is 7.20. The molecular weight excluding hydrogens is 416 g/mol. The molecule has 2 heterocycles. The van der Waals surface area contributed by atoms with Gasteiger partial charge in [-0.15, -0.1) is 12.4 Å². The Hall–Kier alpha value is -2.10. The minimum absolute atomic E-state index is 0. The maximum absolute atomic E-state index is 13.3. The smallest absolute Gasteiger partial charge is 0.134 e. The summed E-state index contributed by atoms with van der Waals surface area (Å²) in [5.74, 6) is 1.91. The van der Waals surface area contributed by atoms with Gasteiger partial charge in [-0.1, -0.05) is 48.0 Å². The number of nitrogens with one attached hydrogen (secondary N) is 1. The summed E-state index contributed by atoms with van der Waals surface area (Å²) >= 11 is 0. The second-order valence-corrected chi connectivity index (χ2v) is 9.80. The normalized spacial score (nSPS) is 17.8. The van der Waals surface area contributed by atoms with Crippen molar-refractivity contribution in [1.29, 1.82) is 0 Å². The first-order valence-corrected chi connectivity index (χ1v) is 12.0. The molecule has 1 atom stereocenters. The van der Waals surface area contributed by atoms with Crippen molar-refractivity contribution in [2.75, 3.05) is 13.1 Å². The number of carbonyl (C=O) groups excluding carboxylic acids is 1. The zero-order chi connectivity index (χ0) is 21.2. The lowest BCUT2D eigenvalue weighted by molar-refractivity contribution is -0.120. The molecule has 1 aliphatic heterocycles. The van der Waals surface area contributed by atoms with Crippen molar-refractivity contribution in [2.24, 2.45) is 11.8 Å². The molecule has 2 aromatic carbocycles. The number of fused-ring (bicyclic) bond motifs is 1. The number of piperidine rings is 1. The Morgan fingerprint density at radius 2 is 1.81 bits per heavy atom. The van der Waals surface area contributed by atoms with Crippen LogP contribution in [0.2, 0.25) is 0 Å². The van der Waals surface area contributed by atoms with Crippen molar-refractivity contribution in [1.82, 2.24) is 9.88 Å². The molecule has 4 heteroatoms. The Balaban J connectivity index is 0.00000245. The van der Waals surface area contributed by atoms with Gasteiger partial charge in [-0.05, 0) is 74.7 Å². The predicted octanol–water partition coefficient (Wildman–Crippen LogP) is 6.26. The van der Waals surface area contributed by atoms with Crippen LogP contribution in [0, 0.1) is 18.8 Å². The van der Waals surface area contributed by atoms with Crippen molar-refractivity contribution in [3.05, 3.63) is 71.4 Å². The molecule has 2 aliphatic rings. The molecule has 0 bridgehead atoms. The molecule has 1 aliphatic carbocycles. The van der Waals surface area contributed by atoms with Gasteiger partial charge in [0.2, 0.25) is 0 Å². The molecule has 3 aromatic rings. The van der Waals surface area contributed by atoms with E-state index in [9.17, 15) is 4.79 Å². The minimum Gasteiger partial charge on any atom is -0.347 e. The Kier molecular flexibility index (Phi) is 7.37. The molecule has 170 valence electrons. The quantitative estimate of drug-likeness (QED) is 0.439. The minimum atomic E-state index is 0. The largest absolute Gasteiger partial charge is 0.347 e. The van der Waals surface area contributed by atoms with Crippen LogP contribution in [0.5, 0.6) is 0 Å². The number of rotatable bonds is 8. The number of carbonyl (C=O) groups is 1. The number of halogens is 1. The van der Waals surface area contributed by atoms with Gasteiger partial charge >= 0.3 is 0 Å². The number of benzene rings is 2. The third-order valence-electron chi connectivity index (χ3n) is 7.20. The monoisotopic (exact) mass is 450 g/mol. The van der Waals surface area contributed by atoms with Gasteiger partial charge in [-0.2, -0.15) is 0 Å². The third kappa shape index (κ3) is 5.27. The van der Waals surface area contributed by atoms with E-state index in [1.807, 2.05) is 0 Å². The summed E-state index contributed by atoms with van der Waals surface area (Å²) in [5, 5.41) is 4.73. The van der Waals surface area contributed by atoms with Crippen LogP contribution in [0.3, 0.4) is 0 Å². The molecule has 2 fully saturated rings. The first-order chi connectivity index (χ1) is 15.2. The number of aromatic nitrogens is 1. The van der Waals surface area contributed by atoms with Gasteiger partial charge in [0.25, 0.3) is 0 Å². The fourth-order valence-electron chi connectivity index (χ4n) is 5.30. The molecule has 0 spiro atoms. The van der Waals surface area contributed by atoms with E-state index in [4.69, 9.17) is 0 Å². The second-order valence-electron chi connectivity index (χ2n) is 9.80. The van der Waals surface area contributed by atoms with E-state index in [0.29, 0.717) is 18.1 Å². The molecule has 1 unspecified atom stereocenters. The molecule has 0 amide bonds. The van der Waals surface area contributed by atoms with Gasteiger partial charge in [-0.25, -0.2) is 0 Å². The van der Waals surface area contributed by atoms with Gasteiger partial charge < -0.3 is 9.88 Å². The van der Waals surface area contributed by atoms with E-state index < -0.39 is 0 Å². The molecule has 1 saturated heterocycles. The lowest BCUT2D eigenvalue weighted by atomic mass is 9.83. The maximum atomic E-state index is 13.3. The molecule has 3 nitrogen and oxygen atoms in total. The van der Waals surface area contributed by atoms with Crippen LogP contribution in [-0.2, 0) is 11.3 Å². The van der Waals surface area contributed by atoms with E-state index in [2.05, 4.69) is 71.5 Å². The molecule has 1 saturated carbocycles. The Labute approximate surface area is 198 Å². The van der Waals surface area contributed by atoms with E-state index in [1.165, 1.54) is 40.4 Å². The van der Waals surface area contributed by atoms with Crippen molar-refractivity contribution in [2.45, 2.75) is 57.9 Å². The van der Waals surface area contributed by atoms with Gasteiger partial charge in [0.05, 0.1) is 0 Å². The lowest BCUT2D eigenvalue weighted by Crippen LogP contribution is -2.29. The standard InChI is InChI=1S/C28H34N2O.ClH/c1-20-5-4-6-23(15-20)26(17-24(31)16-21-11-13-29-14-12-21)27-19-30(18-22-9-10-22)28-8-3-2-7-25(27)28;/h2-8,15,19,21-22,26,29H,9-14,16-18H2,1H3;1H. The maximum Gasteiger partial charge on any atom is 0.134 e. The van der Waals surface area contributed by atoms with Gasteiger partial charge in [0.1, 0.15) is 5.78 Å². The van der Waals surface area contributed by atoms with Crippen molar-refractivity contribution < 1.29 is 4.79 Å². The zero-order valence-electron chi connectivity index (χ0n) is 19.1. The topological polar surface area (TPSA) is 34.0 Å². The lowest BCUT2D eigenvalue weighted by Gasteiger charge is -2.23.